The summed E-state index contributed by atoms with van der Waals surface area (Å²) in [6.45, 7) is 3.62. The molecule has 0 spiro atoms. The van der Waals surface area contributed by atoms with E-state index in [1.807, 2.05) is 18.2 Å². The van der Waals surface area contributed by atoms with Gasteiger partial charge in [-0.2, -0.15) is 0 Å². The van der Waals surface area contributed by atoms with Crippen LogP contribution in [-0.2, 0) is 16.0 Å². The van der Waals surface area contributed by atoms with E-state index in [-0.39, 0.29) is 12.5 Å². The Bertz CT molecular complexity index is 389. The molecular formula is C16H24N2O2. The normalized spacial score (nSPS) is 18.7. The first-order chi connectivity index (χ1) is 9.84. The van der Waals surface area contributed by atoms with Gasteiger partial charge in [0.1, 0.15) is 6.61 Å². The van der Waals surface area contributed by atoms with E-state index in [1.165, 1.54) is 18.4 Å². The Morgan fingerprint density at radius 3 is 2.95 bits per heavy atom. The Balaban J connectivity index is 1.51. The SMILES string of the molecule is O=C(COCCc1ccccc1)NCC1CCCNC1. The average Bonchev–Trinajstić information content (AvgIpc) is 2.52. The molecule has 0 aliphatic carbocycles. The molecule has 0 aromatic heterocycles. The Hall–Kier alpha value is -1.39. The maximum atomic E-state index is 11.6. The lowest BCUT2D eigenvalue weighted by molar-refractivity contribution is -0.125. The van der Waals surface area contributed by atoms with Crippen LogP contribution < -0.4 is 10.6 Å². The molecule has 1 aliphatic heterocycles. The molecule has 1 saturated heterocycles. The van der Waals surface area contributed by atoms with Crippen molar-refractivity contribution in [2.75, 3.05) is 32.8 Å². The van der Waals surface area contributed by atoms with E-state index in [2.05, 4.69) is 22.8 Å². The molecule has 110 valence electrons. The van der Waals surface area contributed by atoms with Crippen LogP contribution in [0, 0.1) is 5.92 Å². The van der Waals surface area contributed by atoms with E-state index in [9.17, 15) is 4.79 Å². The van der Waals surface area contributed by atoms with Crippen LogP contribution in [0.1, 0.15) is 18.4 Å². The minimum absolute atomic E-state index is 0.0105. The highest BCUT2D eigenvalue weighted by atomic mass is 16.5. The molecule has 1 unspecified atom stereocenters. The van der Waals surface area contributed by atoms with Gasteiger partial charge in [0.05, 0.1) is 6.61 Å². The summed E-state index contributed by atoms with van der Waals surface area (Å²) >= 11 is 0. The van der Waals surface area contributed by atoms with E-state index in [0.717, 1.165) is 26.1 Å². The number of benzene rings is 1. The fraction of sp³-hybridized carbons (Fsp3) is 0.562. The highest BCUT2D eigenvalue weighted by molar-refractivity contribution is 5.77. The van der Waals surface area contributed by atoms with Crippen molar-refractivity contribution in [2.45, 2.75) is 19.3 Å². The van der Waals surface area contributed by atoms with Gasteiger partial charge in [-0.15, -0.1) is 0 Å². The zero-order chi connectivity index (χ0) is 14.0. The summed E-state index contributed by atoms with van der Waals surface area (Å²) in [6, 6.07) is 10.2. The van der Waals surface area contributed by atoms with Gasteiger partial charge in [0, 0.05) is 6.54 Å². The van der Waals surface area contributed by atoms with Crippen LogP contribution in [0.15, 0.2) is 30.3 Å². The lowest BCUT2D eigenvalue weighted by Crippen LogP contribution is -2.39. The number of carbonyl (C=O) groups excluding carboxylic acids is 1. The molecule has 2 N–H and O–H groups in total. The molecule has 20 heavy (non-hydrogen) atoms. The highest BCUT2D eigenvalue weighted by Gasteiger charge is 2.13. The van der Waals surface area contributed by atoms with Crippen LogP contribution in [0.2, 0.25) is 0 Å². The molecule has 0 bridgehead atoms. The van der Waals surface area contributed by atoms with Crippen LogP contribution in [0.3, 0.4) is 0 Å². The van der Waals surface area contributed by atoms with Crippen molar-refractivity contribution in [1.29, 1.82) is 0 Å². The van der Waals surface area contributed by atoms with Crippen molar-refractivity contribution in [3.63, 3.8) is 0 Å². The largest absolute Gasteiger partial charge is 0.371 e. The average molecular weight is 276 g/mol. The van der Waals surface area contributed by atoms with Gasteiger partial charge in [-0.05, 0) is 43.8 Å². The molecular weight excluding hydrogens is 252 g/mol. The van der Waals surface area contributed by atoms with Crippen molar-refractivity contribution in [3.05, 3.63) is 35.9 Å². The number of nitrogens with one attached hydrogen (secondary N) is 2. The summed E-state index contributed by atoms with van der Waals surface area (Å²) in [5.41, 5.74) is 1.24. The third-order valence-corrected chi connectivity index (χ3v) is 3.60. The van der Waals surface area contributed by atoms with E-state index in [4.69, 9.17) is 4.74 Å². The van der Waals surface area contributed by atoms with Gasteiger partial charge in [-0.3, -0.25) is 4.79 Å². The topological polar surface area (TPSA) is 50.4 Å². The minimum atomic E-state index is -0.0105. The molecule has 1 atom stereocenters. The zero-order valence-corrected chi connectivity index (χ0v) is 11.9. The summed E-state index contributed by atoms with van der Waals surface area (Å²) < 4.78 is 5.41. The molecule has 1 amide bonds. The first kappa shape index (κ1) is 15.0. The third kappa shape index (κ3) is 5.72. The summed E-state index contributed by atoms with van der Waals surface area (Å²) in [4.78, 5) is 11.6. The fourth-order valence-corrected chi connectivity index (χ4v) is 2.41. The van der Waals surface area contributed by atoms with Crippen molar-refractivity contribution in [1.82, 2.24) is 10.6 Å². The second kappa shape index (κ2) is 8.72. The van der Waals surface area contributed by atoms with Crippen molar-refractivity contribution in [2.24, 2.45) is 5.92 Å². The Kier molecular flexibility index (Phi) is 6.54. The number of rotatable bonds is 7. The fourth-order valence-electron chi connectivity index (χ4n) is 2.41. The number of carbonyl (C=O) groups is 1. The summed E-state index contributed by atoms with van der Waals surface area (Å²) in [5, 5.41) is 6.29. The number of piperidine rings is 1. The molecule has 1 aromatic rings. The number of hydrogen-bond donors (Lipinski definition) is 2. The standard InChI is InChI=1S/C16H24N2O2/c19-16(18-12-15-7-4-9-17-11-15)13-20-10-8-14-5-2-1-3-6-14/h1-3,5-6,15,17H,4,7-13H2,(H,18,19). The van der Waals surface area contributed by atoms with Crippen LogP contribution in [-0.4, -0.2) is 38.8 Å². The van der Waals surface area contributed by atoms with Crippen molar-refractivity contribution in [3.8, 4) is 0 Å². The number of ether oxygens (including phenoxy) is 1. The summed E-state index contributed by atoms with van der Waals surface area (Å²) in [6.07, 6.45) is 3.25. The maximum absolute atomic E-state index is 11.6. The van der Waals surface area contributed by atoms with Crippen molar-refractivity contribution >= 4 is 5.91 Å². The smallest absolute Gasteiger partial charge is 0.246 e. The molecule has 4 heteroatoms. The molecule has 0 saturated carbocycles. The van der Waals surface area contributed by atoms with E-state index in [0.29, 0.717) is 12.5 Å². The van der Waals surface area contributed by atoms with Gasteiger partial charge in [0.2, 0.25) is 5.91 Å². The maximum Gasteiger partial charge on any atom is 0.246 e. The van der Waals surface area contributed by atoms with Gasteiger partial charge in [0.25, 0.3) is 0 Å². The van der Waals surface area contributed by atoms with Gasteiger partial charge in [-0.25, -0.2) is 0 Å². The molecule has 1 aliphatic rings. The first-order valence-corrected chi connectivity index (χ1v) is 7.43. The summed E-state index contributed by atoms with van der Waals surface area (Å²) in [7, 11) is 0. The zero-order valence-electron chi connectivity index (χ0n) is 11.9. The molecule has 1 aromatic carbocycles. The van der Waals surface area contributed by atoms with Crippen molar-refractivity contribution < 1.29 is 9.53 Å². The lowest BCUT2D eigenvalue weighted by atomic mass is 10.00. The van der Waals surface area contributed by atoms with Crippen LogP contribution in [0.4, 0.5) is 0 Å². The quantitative estimate of drug-likeness (QED) is 0.739. The molecule has 4 nitrogen and oxygen atoms in total. The molecule has 1 heterocycles. The minimum Gasteiger partial charge on any atom is -0.371 e. The molecule has 1 fully saturated rings. The lowest BCUT2D eigenvalue weighted by Gasteiger charge is -2.22. The monoisotopic (exact) mass is 276 g/mol. The Morgan fingerprint density at radius 2 is 2.20 bits per heavy atom. The van der Waals surface area contributed by atoms with E-state index >= 15 is 0 Å². The second-order valence-corrected chi connectivity index (χ2v) is 5.30. The van der Waals surface area contributed by atoms with E-state index in [1.54, 1.807) is 0 Å². The first-order valence-electron chi connectivity index (χ1n) is 7.43. The summed E-state index contributed by atoms with van der Waals surface area (Å²) in [5.74, 6) is 0.556. The Labute approximate surface area is 120 Å². The highest BCUT2D eigenvalue weighted by Crippen LogP contribution is 2.07. The third-order valence-electron chi connectivity index (χ3n) is 3.60. The predicted molar refractivity (Wildman–Crippen MR) is 79.6 cm³/mol. The van der Waals surface area contributed by atoms with Gasteiger partial charge >= 0.3 is 0 Å². The van der Waals surface area contributed by atoms with Crippen LogP contribution >= 0.6 is 0 Å². The van der Waals surface area contributed by atoms with Gasteiger partial charge < -0.3 is 15.4 Å². The predicted octanol–water partition coefficient (Wildman–Crippen LogP) is 1.36. The number of hydrogen-bond acceptors (Lipinski definition) is 3. The van der Waals surface area contributed by atoms with Crippen LogP contribution in [0.25, 0.3) is 0 Å². The van der Waals surface area contributed by atoms with Crippen LogP contribution in [0.5, 0.6) is 0 Å². The molecule has 2 rings (SSSR count). The Morgan fingerprint density at radius 1 is 1.35 bits per heavy atom. The molecule has 0 radical (unpaired) electrons. The van der Waals surface area contributed by atoms with Gasteiger partial charge in [0.15, 0.2) is 0 Å². The van der Waals surface area contributed by atoms with Gasteiger partial charge in [-0.1, -0.05) is 30.3 Å². The van der Waals surface area contributed by atoms with E-state index < -0.39 is 0 Å². The number of amides is 1. The second-order valence-electron chi connectivity index (χ2n) is 5.30.